The summed E-state index contributed by atoms with van der Waals surface area (Å²) in [6.07, 6.45) is 4.24. The van der Waals surface area contributed by atoms with Crippen molar-refractivity contribution in [3.63, 3.8) is 0 Å². The summed E-state index contributed by atoms with van der Waals surface area (Å²) in [7, 11) is 0. The lowest BCUT2D eigenvalue weighted by molar-refractivity contribution is -0.118. The molecule has 0 saturated carbocycles. The lowest BCUT2D eigenvalue weighted by atomic mass is 10.1. The van der Waals surface area contributed by atoms with E-state index in [9.17, 15) is 9.59 Å². The third-order valence-electron chi connectivity index (χ3n) is 6.18. The maximum Gasteiger partial charge on any atom is 0.247 e. The number of thioether (sulfide) groups is 1. The number of fused-ring (bicyclic) bond motifs is 4. The molecule has 0 saturated heterocycles. The number of para-hydroxylation sites is 2. The van der Waals surface area contributed by atoms with Crippen LogP contribution in [0.3, 0.4) is 0 Å². The molecule has 3 heterocycles. The molecule has 5 rings (SSSR count). The Morgan fingerprint density at radius 2 is 1.78 bits per heavy atom. The second kappa shape index (κ2) is 10.1. The minimum absolute atomic E-state index is 0.129. The Kier molecular flexibility index (Phi) is 6.73. The number of anilines is 1. The fraction of sp³-hybridized carbons (Fsp3) is 0.296. The number of amides is 1. The SMILES string of the molecule is CCCCCSc1nnc2c(n1)O[C@@H](c1cn(C(C)=O)c3ccccc13)N(C(C)=O)c1ccccc1-2. The van der Waals surface area contributed by atoms with Crippen molar-refractivity contribution in [3.05, 3.63) is 60.3 Å². The van der Waals surface area contributed by atoms with Crippen molar-refractivity contribution in [2.75, 3.05) is 10.7 Å². The molecule has 0 fully saturated rings. The van der Waals surface area contributed by atoms with Crippen molar-refractivity contribution < 1.29 is 14.3 Å². The molecular formula is C27H27N5O3S. The molecule has 1 aliphatic rings. The predicted molar refractivity (Wildman–Crippen MR) is 140 cm³/mol. The minimum Gasteiger partial charge on any atom is -0.447 e. The number of benzene rings is 2. The number of unbranched alkanes of at least 4 members (excludes halogenated alkanes) is 2. The van der Waals surface area contributed by atoms with E-state index >= 15 is 0 Å². The highest BCUT2D eigenvalue weighted by Gasteiger charge is 2.36. The van der Waals surface area contributed by atoms with Crippen molar-refractivity contribution in [3.8, 4) is 17.1 Å². The normalized spacial score (nSPS) is 14.6. The highest BCUT2D eigenvalue weighted by molar-refractivity contribution is 7.99. The van der Waals surface area contributed by atoms with Gasteiger partial charge in [0.15, 0.2) is 5.69 Å². The molecule has 36 heavy (non-hydrogen) atoms. The molecule has 184 valence electrons. The molecular weight excluding hydrogens is 474 g/mol. The topological polar surface area (TPSA) is 90.2 Å². The Labute approximate surface area is 213 Å². The quantitative estimate of drug-likeness (QED) is 0.241. The number of carbonyl (C=O) groups is 2. The van der Waals surface area contributed by atoms with Gasteiger partial charge < -0.3 is 4.74 Å². The summed E-state index contributed by atoms with van der Waals surface area (Å²) >= 11 is 1.54. The zero-order valence-corrected chi connectivity index (χ0v) is 21.3. The summed E-state index contributed by atoms with van der Waals surface area (Å²) in [5.41, 5.74) is 3.27. The van der Waals surface area contributed by atoms with E-state index in [0.29, 0.717) is 33.5 Å². The monoisotopic (exact) mass is 501 g/mol. The van der Waals surface area contributed by atoms with E-state index in [-0.39, 0.29) is 11.8 Å². The number of hydrogen-bond donors (Lipinski definition) is 0. The highest BCUT2D eigenvalue weighted by Crippen LogP contribution is 2.44. The molecule has 0 aliphatic carbocycles. The zero-order chi connectivity index (χ0) is 25.2. The van der Waals surface area contributed by atoms with Crippen LogP contribution in [0.15, 0.2) is 59.9 Å². The van der Waals surface area contributed by atoms with E-state index in [4.69, 9.17) is 9.72 Å². The van der Waals surface area contributed by atoms with E-state index in [1.54, 1.807) is 27.4 Å². The van der Waals surface area contributed by atoms with Gasteiger partial charge in [0, 0.05) is 42.3 Å². The highest BCUT2D eigenvalue weighted by atomic mass is 32.2. The van der Waals surface area contributed by atoms with Gasteiger partial charge in [0.1, 0.15) is 0 Å². The molecule has 1 aliphatic heterocycles. The molecule has 0 N–H and O–H groups in total. The van der Waals surface area contributed by atoms with E-state index in [1.165, 1.54) is 13.8 Å². The molecule has 9 heteroatoms. The van der Waals surface area contributed by atoms with Crippen molar-refractivity contribution in [2.24, 2.45) is 0 Å². The summed E-state index contributed by atoms with van der Waals surface area (Å²) in [5.74, 6) is 0.863. The van der Waals surface area contributed by atoms with E-state index < -0.39 is 6.23 Å². The van der Waals surface area contributed by atoms with Gasteiger partial charge in [-0.05, 0) is 18.6 Å². The van der Waals surface area contributed by atoms with Crippen LogP contribution >= 0.6 is 11.8 Å². The average Bonchev–Trinajstić information content (AvgIpc) is 3.20. The van der Waals surface area contributed by atoms with Crippen LogP contribution in [0.2, 0.25) is 0 Å². The number of rotatable bonds is 6. The van der Waals surface area contributed by atoms with Gasteiger partial charge in [-0.25, -0.2) is 0 Å². The number of carbonyl (C=O) groups excluding carboxylic acids is 2. The zero-order valence-electron chi connectivity index (χ0n) is 20.5. The van der Waals surface area contributed by atoms with Gasteiger partial charge in [-0.1, -0.05) is 67.9 Å². The van der Waals surface area contributed by atoms with Gasteiger partial charge in [0.05, 0.1) is 11.2 Å². The van der Waals surface area contributed by atoms with Gasteiger partial charge in [0.25, 0.3) is 0 Å². The molecule has 4 aromatic rings. The first-order valence-corrected chi connectivity index (χ1v) is 13.0. The molecule has 2 aromatic heterocycles. The minimum atomic E-state index is -0.856. The molecule has 1 atom stereocenters. The Bertz CT molecular complexity index is 1450. The Balaban J connectivity index is 1.68. The Morgan fingerprint density at radius 3 is 2.56 bits per heavy atom. The number of aromatic nitrogens is 4. The van der Waals surface area contributed by atoms with Gasteiger partial charge in [-0.3, -0.25) is 19.1 Å². The molecule has 1 amide bonds. The summed E-state index contributed by atoms with van der Waals surface area (Å²) in [4.78, 5) is 31.9. The second-order valence-electron chi connectivity index (χ2n) is 8.67. The van der Waals surface area contributed by atoms with Crippen LogP contribution in [0.1, 0.15) is 56.6 Å². The summed E-state index contributed by atoms with van der Waals surface area (Å²) in [6.45, 7) is 5.18. The fourth-order valence-electron chi connectivity index (χ4n) is 4.49. The second-order valence-corrected chi connectivity index (χ2v) is 9.73. The first kappa shape index (κ1) is 24.0. The average molecular weight is 502 g/mol. The van der Waals surface area contributed by atoms with Crippen LogP contribution in [0.4, 0.5) is 5.69 Å². The van der Waals surface area contributed by atoms with Crippen LogP contribution < -0.4 is 9.64 Å². The van der Waals surface area contributed by atoms with Crippen molar-refractivity contribution in [1.82, 2.24) is 19.7 Å². The van der Waals surface area contributed by atoms with E-state index in [2.05, 4.69) is 17.1 Å². The fourth-order valence-corrected chi connectivity index (χ4v) is 5.27. The third kappa shape index (κ3) is 4.35. The van der Waals surface area contributed by atoms with Gasteiger partial charge in [-0.15, -0.1) is 10.2 Å². The van der Waals surface area contributed by atoms with Crippen molar-refractivity contribution >= 4 is 40.2 Å². The standard InChI is InChI=1S/C27H27N5O3S/c1-4-5-10-15-36-27-28-25-24(29-30-27)20-12-7-9-14-23(20)32(18(3)34)26(35-25)21-16-31(17(2)33)22-13-8-6-11-19(21)22/h6-9,11-14,16,26H,4-5,10,15H2,1-3H3/t26-/m0/s1. The van der Waals surface area contributed by atoms with Crippen LogP contribution in [0, 0.1) is 0 Å². The predicted octanol–water partition coefficient (Wildman–Crippen LogP) is 5.88. The summed E-state index contributed by atoms with van der Waals surface area (Å²) in [6, 6.07) is 15.1. The lowest BCUT2D eigenvalue weighted by Gasteiger charge is -2.29. The molecule has 0 spiro atoms. The smallest absolute Gasteiger partial charge is 0.247 e. The van der Waals surface area contributed by atoms with Crippen molar-refractivity contribution in [2.45, 2.75) is 51.4 Å². The maximum atomic E-state index is 13.1. The summed E-state index contributed by atoms with van der Waals surface area (Å²) in [5, 5.41) is 10.2. The molecule has 0 bridgehead atoms. The van der Waals surface area contributed by atoms with Gasteiger partial charge in [-0.2, -0.15) is 4.98 Å². The van der Waals surface area contributed by atoms with Crippen LogP contribution in [-0.4, -0.2) is 37.3 Å². The maximum absolute atomic E-state index is 13.1. The molecule has 0 unspecified atom stereocenters. The van der Waals surface area contributed by atoms with Crippen LogP contribution in [0.5, 0.6) is 5.88 Å². The van der Waals surface area contributed by atoms with Crippen LogP contribution in [-0.2, 0) is 4.79 Å². The number of ether oxygens (including phenoxy) is 1. The van der Waals surface area contributed by atoms with Crippen molar-refractivity contribution in [1.29, 1.82) is 0 Å². The van der Waals surface area contributed by atoms with Gasteiger partial charge >= 0.3 is 0 Å². The van der Waals surface area contributed by atoms with E-state index in [1.807, 2.05) is 48.5 Å². The van der Waals surface area contributed by atoms with E-state index in [0.717, 1.165) is 35.9 Å². The Morgan fingerprint density at radius 1 is 1.00 bits per heavy atom. The number of nitrogens with zero attached hydrogens (tertiary/aromatic N) is 5. The molecule has 8 nitrogen and oxygen atoms in total. The number of hydrogen-bond acceptors (Lipinski definition) is 7. The first-order chi connectivity index (χ1) is 17.5. The largest absolute Gasteiger partial charge is 0.447 e. The van der Waals surface area contributed by atoms with Gasteiger partial charge in [0.2, 0.25) is 29.1 Å². The summed E-state index contributed by atoms with van der Waals surface area (Å²) < 4.78 is 8.10. The molecule has 2 aromatic carbocycles. The lowest BCUT2D eigenvalue weighted by Crippen LogP contribution is -2.36. The Hall–Kier alpha value is -3.72. The molecule has 0 radical (unpaired) electrons. The third-order valence-corrected chi connectivity index (χ3v) is 7.10. The van der Waals surface area contributed by atoms with Crippen LogP contribution in [0.25, 0.3) is 22.2 Å². The first-order valence-electron chi connectivity index (χ1n) is 12.0.